The van der Waals surface area contributed by atoms with E-state index in [0.29, 0.717) is 28.5 Å². The molecule has 20 heavy (non-hydrogen) atoms. The fourth-order valence-corrected chi connectivity index (χ4v) is 5.26. The highest BCUT2D eigenvalue weighted by molar-refractivity contribution is 6.33. The number of benzene rings is 1. The minimum atomic E-state index is 0.00748. The van der Waals surface area contributed by atoms with Crippen LogP contribution in [0.1, 0.15) is 42.5 Å². The number of carbonyl (C=O) groups is 1. The molecule has 0 aliphatic heterocycles. The number of carbonyl (C=O) groups excluding carboxylic acids is 1. The Kier molecular flexibility index (Phi) is 3.03. The molecule has 2 nitrogen and oxygen atoms in total. The maximum Gasteiger partial charge on any atom is 0.253 e. The predicted molar refractivity (Wildman–Crippen MR) is 79.8 cm³/mol. The number of rotatable bonds is 2. The summed E-state index contributed by atoms with van der Waals surface area (Å²) in [5, 5.41) is 3.85. The van der Waals surface area contributed by atoms with E-state index in [-0.39, 0.29) is 5.91 Å². The fourth-order valence-electron chi connectivity index (χ4n) is 5.04. The highest BCUT2D eigenvalue weighted by Gasteiger charge is 2.48. The zero-order valence-electron chi connectivity index (χ0n) is 11.5. The molecule has 1 amide bonds. The first kappa shape index (κ1) is 12.7. The Labute approximate surface area is 124 Å². The minimum Gasteiger partial charge on any atom is -0.349 e. The van der Waals surface area contributed by atoms with E-state index in [9.17, 15) is 4.79 Å². The van der Waals surface area contributed by atoms with Gasteiger partial charge in [-0.3, -0.25) is 4.79 Å². The van der Waals surface area contributed by atoms with Crippen molar-refractivity contribution in [2.24, 2.45) is 23.7 Å². The molecule has 4 fully saturated rings. The summed E-state index contributed by atoms with van der Waals surface area (Å²) < 4.78 is 0. The van der Waals surface area contributed by atoms with Gasteiger partial charge in [-0.05, 0) is 67.9 Å². The summed E-state index contributed by atoms with van der Waals surface area (Å²) in [5.41, 5.74) is 0.614. The van der Waals surface area contributed by atoms with E-state index in [1.165, 1.54) is 32.1 Å². The second kappa shape index (κ2) is 4.77. The van der Waals surface area contributed by atoms with Crippen LogP contribution in [-0.2, 0) is 0 Å². The van der Waals surface area contributed by atoms with Crippen LogP contribution < -0.4 is 5.32 Å². The lowest BCUT2D eigenvalue weighted by molar-refractivity contribution is -0.0119. The van der Waals surface area contributed by atoms with Crippen molar-refractivity contribution in [1.82, 2.24) is 5.32 Å². The molecule has 0 spiro atoms. The van der Waals surface area contributed by atoms with Crippen LogP contribution in [0, 0.1) is 23.7 Å². The molecule has 0 unspecified atom stereocenters. The van der Waals surface area contributed by atoms with E-state index in [1.807, 2.05) is 18.2 Å². The molecule has 1 aromatic rings. The van der Waals surface area contributed by atoms with Crippen molar-refractivity contribution >= 4 is 17.5 Å². The lowest BCUT2D eigenvalue weighted by atomic mass is 9.54. The number of amides is 1. The molecule has 4 bridgehead atoms. The zero-order valence-corrected chi connectivity index (χ0v) is 12.3. The van der Waals surface area contributed by atoms with Crippen LogP contribution in [0.4, 0.5) is 0 Å². The SMILES string of the molecule is O=C(NC1C2CC3CC(C2)CC1C3)c1ccccc1Cl. The molecule has 0 radical (unpaired) electrons. The third kappa shape index (κ3) is 2.05. The summed E-state index contributed by atoms with van der Waals surface area (Å²) in [6.45, 7) is 0. The molecule has 106 valence electrons. The molecule has 4 saturated carbocycles. The minimum absolute atomic E-state index is 0.00748. The van der Waals surface area contributed by atoms with Crippen LogP contribution in [0.2, 0.25) is 5.02 Å². The summed E-state index contributed by atoms with van der Waals surface area (Å²) in [5.74, 6) is 3.29. The van der Waals surface area contributed by atoms with Crippen LogP contribution in [0.3, 0.4) is 0 Å². The molecule has 1 aromatic carbocycles. The van der Waals surface area contributed by atoms with E-state index in [0.717, 1.165) is 11.8 Å². The molecule has 3 heteroatoms. The van der Waals surface area contributed by atoms with Crippen molar-refractivity contribution in [2.75, 3.05) is 0 Å². The number of halogens is 1. The molecule has 4 aliphatic rings. The maximum absolute atomic E-state index is 12.5. The quantitative estimate of drug-likeness (QED) is 0.879. The van der Waals surface area contributed by atoms with E-state index < -0.39 is 0 Å². The summed E-state index contributed by atoms with van der Waals surface area (Å²) >= 11 is 6.13. The Morgan fingerprint density at radius 1 is 1.00 bits per heavy atom. The van der Waals surface area contributed by atoms with Gasteiger partial charge in [0, 0.05) is 6.04 Å². The predicted octanol–water partition coefficient (Wildman–Crippen LogP) is 3.89. The lowest BCUT2D eigenvalue weighted by Gasteiger charge is -2.54. The Morgan fingerprint density at radius 3 is 2.20 bits per heavy atom. The highest BCUT2D eigenvalue weighted by Crippen LogP contribution is 2.53. The highest BCUT2D eigenvalue weighted by atomic mass is 35.5. The van der Waals surface area contributed by atoms with Gasteiger partial charge in [-0.15, -0.1) is 0 Å². The molecular weight excluding hydrogens is 270 g/mol. The Bertz CT molecular complexity index is 514. The summed E-state index contributed by atoms with van der Waals surface area (Å²) in [6.07, 6.45) is 6.72. The molecule has 0 aromatic heterocycles. The van der Waals surface area contributed by atoms with Gasteiger partial charge in [-0.25, -0.2) is 0 Å². The molecule has 1 N–H and O–H groups in total. The van der Waals surface area contributed by atoms with Gasteiger partial charge in [-0.2, -0.15) is 0 Å². The standard InChI is InChI=1S/C17H20ClNO/c18-15-4-2-1-3-14(15)17(20)19-16-12-6-10-5-11(8-12)9-13(16)7-10/h1-4,10-13,16H,5-9H2,(H,19,20). The molecular formula is C17H20ClNO. The van der Waals surface area contributed by atoms with Crippen molar-refractivity contribution in [3.63, 3.8) is 0 Å². The van der Waals surface area contributed by atoms with Crippen LogP contribution in [0.25, 0.3) is 0 Å². The topological polar surface area (TPSA) is 29.1 Å². The van der Waals surface area contributed by atoms with Gasteiger partial charge >= 0.3 is 0 Å². The van der Waals surface area contributed by atoms with Crippen LogP contribution in [0.5, 0.6) is 0 Å². The van der Waals surface area contributed by atoms with E-state index >= 15 is 0 Å². The second-order valence-corrected chi connectivity index (χ2v) is 7.32. The van der Waals surface area contributed by atoms with Gasteiger partial charge in [0.05, 0.1) is 10.6 Å². The van der Waals surface area contributed by atoms with Gasteiger partial charge in [0.1, 0.15) is 0 Å². The van der Waals surface area contributed by atoms with Crippen LogP contribution in [-0.4, -0.2) is 11.9 Å². The van der Waals surface area contributed by atoms with E-state index in [4.69, 9.17) is 11.6 Å². The lowest BCUT2D eigenvalue weighted by Crippen LogP contribution is -2.55. The normalized spacial score (nSPS) is 38.0. The van der Waals surface area contributed by atoms with Crippen molar-refractivity contribution in [3.05, 3.63) is 34.9 Å². The monoisotopic (exact) mass is 289 g/mol. The summed E-state index contributed by atoms with van der Waals surface area (Å²) in [7, 11) is 0. The average molecular weight is 290 g/mol. The number of nitrogens with one attached hydrogen (secondary N) is 1. The molecule has 0 heterocycles. The van der Waals surface area contributed by atoms with Gasteiger partial charge < -0.3 is 5.32 Å². The van der Waals surface area contributed by atoms with E-state index in [2.05, 4.69) is 5.32 Å². The third-order valence-electron chi connectivity index (χ3n) is 5.64. The second-order valence-electron chi connectivity index (χ2n) is 6.91. The van der Waals surface area contributed by atoms with Crippen molar-refractivity contribution in [3.8, 4) is 0 Å². The molecule has 5 rings (SSSR count). The first-order valence-electron chi connectivity index (χ1n) is 7.76. The van der Waals surface area contributed by atoms with Gasteiger partial charge in [-0.1, -0.05) is 23.7 Å². The zero-order chi connectivity index (χ0) is 13.7. The van der Waals surface area contributed by atoms with Gasteiger partial charge in [0.2, 0.25) is 0 Å². The summed E-state index contributed by atoms with van der Waals surface area (Å²) in [6, 6.07) is 7.72. The Morgan fingerprint density at radius 2 is 1.60 bits per heavy atom. The fraction of sp³-hybridized carbons (Fsp3) is 0.588. The first-order chi connectivity index (χ1) is 9.70. The Hall–Kier alpha value is -1.02. The van der Waals surface area contributed by atoms with Crippen LogP contribution in [0.15, 0.2) is 24.3 Å². The third-order valence-corrected chi connectivity index (χ3v) is 5.97. The van der Waals surface area contributed by atoms with Gasteiger partial charge in [0.25, 0.3) is 5.91 Å². The summed E-state index contributed by atoms with van der Waals surface area (Å²) in [4.78, 5) is 12.5. The molecule has 0 atom stereocenters. The van der Waals surface area contributed by atoms with Crippen molar-refractivity contribution < 1.29 is 4.79 Å². The van der Waals surface area contributed by atoms with Crippen molar-refractivity contribution in [1.29, 1.82) is 0 Å². The largest absolute Gasteiger partial charge is 0.349 e. The smallest absolute Gasteiger partial charge is 0.253 e. The molecule has 4 aliphatic carbocycles. The van der Waals surface area contributed by atoms with Crippen LogP contribution >= 0.6 is 11.6 Å². The van der Waals surface area contributed by atoms with E-state index in [1.54, 1.807) is 6.07 Å². The first-order valence-corrected chi connectivity index (χ1v) is 8.14. The Balaban J connectivity index is 1.52. The van der Waals surface area contributed by atoms with Crippen molar-refractivity contribution in [2.45, 2.75) is 38.1 Å². The number of hydrogen-bond acceptors (Lipinski definition) is 1. The van der Waals surface area contributed by atoms with Gasteiger partial charge in [0.15, 0.2) is 0 Å². The average Bonchev–Trinajstić information content (AvgIpc) is 2.42. The maximum atomic E-state index is 12.5. The molecule has 0 saturated heterocycles. The number of hydrogen-bond donors (Lipinski definition) is 1.